The van der Waals surface area contributed by atoms with Crippen LogP contribution in [0.15, 0.2) is 18.2 Å². The van der Waals surface area contributed by atoms with E-state index in [2.05, 4.69) is 24.5 Å². The van der Waals surface area contributed by atoms with Crippen LogP contribution in [0.5, 0.6) is 5.75 Å². The highest BCUT2D eigenvalue weighted by Gasteiger charge is 2.18. The minimum absolute atomic E-state index is 0.0892. The van der Waals surface area contributed by atoms with Gasteiger partial charge in [-0.25, -0.2) is 0 Å². The van der Waals surface area contributed by atoms with Gasteiger partial charge in [0.1, 0.15) is 5.75 Å². The maximum Gasteiger partial charge on any atom is 0.262 e. The predicted octanol–water partition coefficient (Wildman–Crippen LogP) is 2.09. The molecule has 0 aromatic heterocycles. The van der Waals surface area contributed by atoms with Crippen molar-refractivity contribution in [3.05, 3.63) is 23.8 Å². The Morgan fingerprint density at radius 3 is 3.00 bits per heavy atom. The van der Waals surface area contributed by atoms with Crippen molar-refractivity contribution < 1.29 is 14.3 Å². The van der Waals surface area contributed by atoms with Crippen LogP contribution in [-0.4, -0.2) is 32.3 Å². The van der Waals surface area contributed by atoms with E-state index < -0.39 is 0 Å². The van der Waals surface area contributed by atoms with E-state index in [-0.39, 0.29) is 18.6 Å². The number of ether oxygens (including phenoxy) is 2. The molecule has 2 N–H and O–H groups in total. The first kappa shape index (κ1) is 14.8. The summed E-state index contributed by atoms with van der Waals surface area (Å²) in [7, 11) is 1.71. The molecule has 1 aliphatic heterocycles. The van der Waals surface area contributed by atoms with Crippen LogP contribution in [0, 0.1) is 0 Å². The Balaban J connectivity index is 2.08. The lowest BCUT2D eigenvalue weighted by atomic mass is 10.0. The highest BCUT2D eigenvalue weighted by atomic mass is 16.5. The van der Waals surface area contributed by atoms with Crippen molar-refractivity contribution in [1.82, 2.24) is 5.32 Å². The van der Waals surface area contributed by atoms with Crippen LogP contribution in [0.2, 0.25) is 0 Å². The Morgan fingerprint density at radius 1 is 1.50 bits per heavy atom. The van der Waals surface area contributed by atoms with Crippen LogP contribution in [-0.2, 0) is 9.53 Å². The van der Waals surface area contributed by atoms with Gasteiger partial charge in [0.25, 0.3) is 5.91 Å². The largest absolute Gasteiger partial charge is 0.482 e. The molecule has 1 aromatic rings. The van der Waals surface area contributed by atoms with Crippen LogP contribution in [0.25, 0.3) is 0 Å². The summed E-state index contributed by atoms with van der Waals surface area (Å²) in [5, 5.41) is 6.35. The van der Waals surface area contributed by atoms with E-state index in [1.165, 1.54) is 0 Å². The number of hydrogen-bond donors (Lipinski definition) is 2. The number of hydrogen-bond acceptors (Lipinski definition) is 4. The topological polar surface area (TPSA) is 59.6 Å². The van der Waals surface area contributed by atoms with Gasteiger partial charge < -0.3 is 20.1 Å². The molecule has 0 bridgehead atoms. The maximum absolute atomic E-state index is 11.3. The SMILES string of the molecule is CCC(COC)NC(C)c1ccc2c(c1)NC(=O)CO2. The van der Waals surface area contributed by atoms with Crippen molar-refractivity contribution >= 4 is 11.6 Å². The third-order valence-corrected chi connectivity index (χ3v) is 3.48. The molecule has 0 radical (unpaired) electrons. The van der Waals surface area contributed by atoms with E-state index in [9.17, 15) is 4.79 Å². The molecular weight excluding hydrogens is 256 g/mol. The Bertz CT molecular complexity index is 476. The van der Waals surface area contributed by atoms with Gasteiger partial charge in [-0.2, -0.15) is 0 Å². The van der Waals surface area contributed by atoms with Crippen molar-refractivity contribution in [2.24, 2.45) is 0 Å². The van der Waals surface area contributed by atoms with E-state index in [1.807, 2.05) is 18.2 Å². The molecule has 5 nitrogen and oxygen atoms in total. The lowest BCUT2D eigenvalue weighted by Gasteiger charge is -2.24. The average molecular weight is 278 g/mol. The van der Waals surface area contributed by atoms with Crippen LogP contribution in [0.4, 0.5) is 5.69 Å². The summed E-state index contributed by atoms with van der Waals surface area (Å²) < 4.78 is 10.6. The fourth-order valence-electron chi connectivity index (χ4n) is 2.30. The third-order valence-electron chi connectivity index (χ3n) is 3.48. The maximum atomic E-state index is 11.3. The number of fused-ring (bicyclic) bond motifs is 1. The predicted molar refractivity (Wildman–Crippen MR) is 78.1 cm³/mol. The number of amides is 1. The molecule has 0 saturated heterocycles. The molecule has 1 heterocycles. The van der Waals surface area contributed by atoms with Crippen molar-refractivity contribution in [1.29, 1.82) is 0 Å². The molecule has 0 saturated carbocycles. The molecule has 1 amide bonds. The Hall–Kier alpha value is -1.59. The Kier molecular flexibility index (Phi) is 4.98. The molecular formula is C15H22N2O3. The summed E-state index contributed by atoms with van der Waals surface area (Å²) in [6.45, 7) is 5.01. The summed E-state index contributed by atoms with van der Waals surface area (Å²) in [6.07, 6.45) is 1.00. The standard InChI is InChI=1S/C15H22N2O3/c1-4-12(8-19-3)16-10(2)11-5-6-14-13(7-11)17-15(18)9-20-14/h5-7,10,12,16H,4,8-9H2,1-3H3,(H,17,18). The second kappa shape index (κ2) is 6.72. The average Bonchev–Trinajstić information content (AvgIpc) is 2.45. The number of carbonyl (C=O) groups is 1. The monoisotopic (exact) mass is 278 g/mol. The Labute approximate surface area is 119 Å². The molecule has 5 heteroatoms. The fourth-order valence-corrected chi connectivity index (χ4v) is 2.30. The van der Waals surface area contributed by atoms with E-state index in [0.29, 0.717) is 12.6 Å². The van der Waals surface area contributed by atoms with Crippen molar-refractivity contribution in [3.63, 3.8) is 0 Å². The molecule has 1 aliphatic rings. The van der Waals surface area contributed by atoms with Gasteiger partial charge in [-0.05, 0) is 31.0 Å². The number of methoxy groups -OCH3 is 1. The number of rotatable bonds is 6. The Morgan fingerprint density at radius 2 is 2.30 bits per heavy atom. The van der Waals surface area contributed by atoms with Gasteiger partial charge in [0.15, 0.2) is 6.61 Å². The van der Waals surface area contributed by atoms with Crippen LogP contribution in [0.3, 0.4) is 0 Å². The summed E-state index contributed by atoms with van der Waals surface area (Å²) in [4.78, 5) is 11.3. The van der Waals surface area contributed by atoms with E-state index in [0.717, 1.165) is 23.4 Å². The molecule has 0 aliphatic carbocycles. The van der Waals surface area contributed by atoms with Gasteiger partial charge in [0.05, 0.1) is 12.3 Å². The van der Waals surface area contributed by atoms with Crippen molar-refractivity contribution in [2.45, 2.75) is 32.4 Å². The first-order valence-corrected chi connectivity index (χ1v) is 6.95. The van der Waals surface area contributed by atoms with E-state index in [1.54, 1.807) is 7.11 Å². The minimum Gasteiger partial charge on any atom is -0.482 e. The second-order valence-electron chi connectivity index (χ2n) is 5.04. The molecule has 2 rings (SSSR count). The van der Waals surface area contributed by atoms with Crippen LogP contribution < -0.4 is 15.4 Å². The van der Waals surface area contributed by atoms with Crippen molar-refractivity contribution in [2.75, 3.05) is 25.6 Å². The van der Waals surface area contributed by atoms with Gasteiger partial charge in [-0.3, -0.25) is 4.79 Å². The second-order valence-corrected chi connectivity index (χ2v) is 5.04. The number of anilines is 1. The summed E-state index contributed by atoms with van der Waals surface area (Å²) in [5.74, 6) is 0.616. The zero-order valence-corrected chi connectivity index (χ0v) is 12.2. The summed E-state index contributed by atoms with van der Waals surface area (Å²) in [6, 6.07) is 6.38. The molecule has 0 fully saturated rings. The first-order chi connectivity index (χ1) is 9.63. The summed E-state index contributed by atoms with van der Waals surface area (Å²) in [5.41, 5.74) is 1.86. The fraction of sp³-hybridized carbons (Fsp3) is 0.533. The highest BCUT2D eigenvalue weighted by Crippen LogP contribution is 2.30. The third kappa shape index (κ3) is 3.49. The molecule has 1 aromatic carbocycles. The summed E-state index contributed by atoms with van der Waals surface area (Å²) >= 11 is 0. The van der Waals surface area contributed by atoms with E-state index in [4.69, 9.17) is 9.47 Å². The smallest absolute Gasteiger partial charge is 0.262 e. The van der Waals surface area contributed by atoms with Gasteiger partial charge in [0.2, 0.25) is 0 Å². The highest BCUT2D eigenvalue weighted by molar-refractivity contribution is 5.95. The zero-order chi connectivity index (χ0) is 14.5. The van der Waals surface area contributed by atoms with Crippen molar-refractivity contribution in [3.8, 4) is 5.75 Å². The molecule has 0 spiro atoms. The van der Waals surface area contributed by atoms with E-state index >= 15 is 0 Å². The first-order valence-electron chi connectivity index (χ1n) is 6.95. The van der Waals surface area contributed by atoms with Gasteiger partial charge in [-0.15, -0.1) is 0 Å². The molecule has 110 valence electrons. The molecule has 2 atom stereocenters. The zero-order valence-electron chi connectivity index (χ0n) is 12.2. The normalized spacial score (nSPS) is 16.9. The lowest BCUT2D eigenvalue weighted by molar-refractivity contribution is -0.118. The van der Waals surface area contributed by atoms with Gasteiger partial charge in [-0.1, -0.05) is 13.0 Å². The van der Waals surface area contributed by atoms with Crippen LogP contribution in [0.1, 0.15) is 31.9 Å². The number of nitrogens with one attached hydrogen (secondary N) is 2. The number of benzene rings is 1. The minimum atomic E-state index is -0.110. The number of carbonyl (C=O) groups excluding carboxylic acids is 1. The van der Waals surface area contributed by atoms with Crippen LogP contribution >= 0.6 is 0 Å². The lowest BCUT2D eigenvalue weighted by Crippen LogP contribution is -2.34. The molecule has 20 heavy (non-hydrogen) atoms. The van der Waals surface area contributed by atoms with Gasteiger partial charge >= 0.3 is 0 Å². The quantitative estimate of drug-likeness (QED) is 0.836. The molecule has 2 unspecified atom stereocenters. The van der Waals surface area contributed by atoms with Gasteiger partial charge in [0, 0.05) is 19.2 Å².